The van der Waals surface area contributed by atoms with Gasteiger partial charge in [0.1, 0.15) is 18.2 Å². The molecule has 34 heavy (non-hydrogen) atoms. The topological polar surface area (TPSA) is 158 Å². The van der Waals surface area contributed by atoms with Crippen molar-refractivity contribution in [3.05, 3.63) is 16.8 Å². The fourth-order valence-electron chi connectivity index (χ4n) is 3.48. The van der Waals surface area contributed by atoms with Crippen LogP contribution in [0.15, 0.2) is 6.33 Å². The lowest BCUT2D eigenvalue weighted by Crippen LogP contribution is -2.46. The molecule has 3 rings (SSSR count). The van der Waals surface area contributed by atoms with Crippen molar-refractivity contribution in [2.24, 2.45) is 0 Å². The molecule has 2 aromatic heterocycles. The van der Waals surface area contributed by atoms with E-state index < -0.39 is 61.1 Å². The maximum absolute atomic E-state index is 11.9. The first kappa shape index (κ1) is 25.6. The van der Waals surface area contributed by atoms with Gasteiger partial charge in [-0.3, -0.25) is 23.7 Å². The number of esters is 4. The standard InChI is InChI=1S/C19H20Cl2N4O9/c1-7(26)30-5-11(31-8(2)27)13-14(32-9(3)28)15(33-10(4)29)18(34-13)25-6-22-12-16(20)23-19(21)24-17(12)25/h6,11,13-15,18H,5H2,1-4H3/t11-,13-,14-,15-,18-/m1/s1. The molecular weight excluding hydrogens is 499 g/mol. The number of nitrogens with zero attached hydrogens (tertiary/aromatic N) is 4. The Bertz CT molecular complexity index is 1120. The zero-order valence-electron chi connectivity index (χ0n) is 18.4. The average molecular weight is 519 g/mol. The number of carbonyl (C=O) groups excluding carboxylic acids is 4. The predicted molar refractivity (Wildman–Crippen MR) is 113 cm³/mol. The second-order valence-corrected chi connectivity index (χ2v) is 7.89. The van der Waals surface area contributed by atoms with Gasteiger partial charge in [0.15, 0.2) is 35.3 Å². The van der Waals surface area contributed by atoms with Crippen molar-refractivity contribution >= 4 is 58.2 Å². The van der Waals surface area contributed by atoms with Crippen LogP contribution in [0.25, 0.3) is 11.2 Å². The molecule has 0 bridgehead atoms. The minimum Gasteiger partial charge on any atom is -0.462 e. The summed E-state index contributed by atoms with van der Waals surface area (Å²) in [5, 5.41) is -0.210. The summed E-state index contributed by atoms with van der Waals surface area (Å²) < 4.78 is 28.5. The zero-order chi connectivity index (χ0) is 25.2. The van der Waals surface area contributed by atoms with Crippen LogP contribution in [0.5, 0.6) is 0 Å². The fourth-order valence-corrected chi connectivity index (χ4v) is 3.90. The van der Waals surface area contributed by atoms with Crippen LogP contribution in [0, 0.1) is 0 Å². The molecule has 1 aliphatic rings. The highest BCUT2D eigenvalue weighted by Crippen LogP contribution is 2.38. The van der Waals surface area contributed by atoms with E-state index in [0.29, 0.717) is 0 Å². The Balaban J connectivity index is 2.10. The van der Waals surface area contributed by atoms with E-state index in [1.54, 1.807) is 0 Å². The highest BCUT2D eigenvalue weighted by atomic mass is 35.5. The fraction of sp³-hybridized carbons (Fsp3) is 0.526. The van der Waals surface area contributed by atoms with Crippen LogP contribution in [0.3, 0.4) is 0 Å². The summed E-state index contributed by atoms with van der Waals surface area (Å²) in [5.41, 5.74) is 0.318. The van der Waals surface area contributed by atoms with E-state index in [4.69, 9.17) is 46.9 Å². The molecule has 0 aliphatic carbocycles. The second kappa shape index (κ2) is 10.5. The molecule has 184 valence electrons. The minimum atomic E-state index is -1.27. The van der Waals surface area contributed by atoms with Crippen molar-refractivity contribution in [2.75, 3.05) is 6.61 Å². The number of carbonyl (C=O) groups is 4. The van der Waals surface area contributed by atoms with Crippen LogP contribution < -0.4 is 0 Å². The first-order chi connectivity index (χ1) is 16.0. The Hall–Kier alpha value is -3.03. The maximum atomic E-state index is 11.9. The SMILES string of the molecule is CC(=O)OC[C@@H](OC(C)=O)[C@H]1O[C@@H](n2cnc3c(Cl)nc(Cl)nc32)[C@H](OC(C)=O)[C@@H]1OC(C)=O. The Kier molecular flexibility index (Phi) is 7.89. The molecule has 0 unspecified atom stereocenters. The van der Waals surface area contributed by atoms with Gasteiger partial charge in [-0.25, -0.2) is 9.97 Å². The number of hydrogen-bond donors (Lipinski definition) is 0. The summed E-state index contributed by atoms with van der Waals surface area (Å²) in [6, 6.07) is 0. The second-order valence-electron chi connectivity index (χ2n) is 7.20. The Morgan fingerprint density at radius 2 is 1.65 bits per heavy atom. The van der Waals surface area contributed by atoms with Crippen LogP contribution in [-0.4, -0.2) is 74.4 Å². The molecule has 0 N–H and O–H groups in total. The van der Waals surface area contributed by atoms with E-state index in [1.165, 1.54) is 17.8 Å². The van der Waals surface area contributed by atoms with Gasteiger partial charge in [0.25, 0.3) is 0 Å². The van der Waals surface area contributed by atoms with Gasteiger partial charge in [-0.15, -0.1) is 0 Å². The number of aromatic nitrogens is 4. The first-order valence-corrected chi connectivity index (χ1v) is 10.6. The molecule has 2 aromatic rings. The van der Waals surface area contributed by atoms with Crippen LogP contribution >= 0.6 is 23.2 Å². The number of rotatable bonds is 7. The number of imidazole rings is 1. The van der Waals surface area contributed by atoms with Gasteiger partial charge in [-0.1, -0.05) is 11.6 Å². The molecular formula is C19H20Cl2N4O9. The van der Waals surface area contributed by atoms with Crippen molar-refractivity contribution in [3.8, 4) is 0 Å². The van der Waals surface area contributed by atoms with Crippen molar-refractivity contribution < 1.29 is 42.9 Å². The molecule has 1 saturated heterocycles. The molecule has 0 radical (unpaired) electrons. The van der Waals surface area contributed by atoms with E-state index >= 15 is 0 Å². The van der Waals surface area contributed by atoms with Crippen molar-refractivity contribution in [3.63, 3.8) is 0 Å². The van der Waals surface area contributed by atoms with Crippen molar-refractivity contribution in [1.82, 2.24) is 19.5 Å². The van der Waals surface area contributed by atoms with E-state index in [1.807, 2.05) is 0 Å². The molecule has 1 aliphatic heterocycles. The summed E-state index contributed by atoms with van der Waals surface area (Å²) in [4.78, 5) is 59.0. The summed E-state index contributed by atoms with van der Waals surface area (Å²) in [6.07, 6.45) is -4.83. The highest BCUT2D eigenvalue weighted by Gasteiger charge is 2.54. The monoisotopic (exact) mass is 518 g/mol. The van der Waals surface area contributed by atoms with Crippen LogP contribution in [-0.2, 0) is 42.9 Å². The van der Waals surface area contributed by atoms with E-state index in [0.717, 1.165) is 20.8 Å². The minimum absolute atomic E-state index is 0.0310. The number of hydrogen-bond acceptors (Lipinski definition) is 12. The first-order valence-electron chi connectivity index (χ1n) is 9.84. The maximum Gasteiger partial charge on any atom is 0.303 e. The average Bonchev–Trinajstić information content (AvgIpc) is 3.26. The lowest BCUT2D eigenvalue weighted by molar-refractivity contribution is -0.177. The van der Waals surface area contributed by atoms with Gasteiger partial charge >= 0.3 is 23.9 Å². The number of fused-ring (bicyclic) bond motifs is 1. The molecule has 5 atom stereocenters. The van der Waals surface area contributed by atoms with E-state index in [9.17, 15) is 19.2 Å². The largest absolute Gasteiger partial charge is 0.462 e. The van der Waals surface area contributed by atoms with Gasteiger partial charge in [0.05, 0.1) is 6.33 Å². The molecule has 3 heterocycles. The third-order valence-electron chi connectivity index (χ3n) is 4.59. The Morgan fingerprint density at radius 1 is 1.00 bits per heavy atom. The van der Waals surface area contributed by atoms with Gasteiger partial charge < -0.3 is 23.7 Å². The normalized spacial score (nSPS) is 22.8. The van der Waals surface area contributed by atoms with Crippen LogP contribution in [0.1, 0.15) is 33.9 Å². The predicted octanol–water partition coefficient (Wildman–Crippen LogP) is 1.39. The van der Waals surface area contributed by atoms with Gasteiger partial charge in [-0.05, 0) is 11.6 Å². The molecule has 0 spiro atoms. The van der Waals surface area contributed by atoms with Crippen molar-refractivity contribution in [1.29, 1.82) is 0 Å². The highest BCUT2D eigenvalue weighted by molar-refractivity contribution is 6.35. The molecule has 0 amide bonds. The Labute approximate surface area is 202 Å². The lowest BCUT2D eigenvalue weighted by atomic mass is 10.0. The summed E-state index contributed by atoms with van der Waals surface area (Å²) in [6.45, 7) is 4.18. The zero-order valence-corrected chi connectivity index (χ0v) is 19.9. The lowest BCUT2D eigenvalue weighted by Gasteiger charge is -2.27. The number of ether oxygens (including phenoxy) is 5. The molecule has 1 fully saturated rings. The third kappa shape index (κ3) is 5.72. The summed E-state index contributed by atoms with van der Waals surface area (Å²) >= 11 is 12.0. The van der Waals surface area contributed by atoms with E-state index in [2.05, 4.69) is 15.0 Å². The van der Waals surface area contributed by atoms with Crippen molar-refractivity contribution in [2.45, 2.75) is 58.3 Å². The Morgan fingerprint density at radius 3 is 2.24 bits per heavy atom. The molecule has 0 saturated carbocycles. The van der Waals surface area contributed by atoms with Crippen LogP contribution in [0.4, 0.5) is 0 Å². The van der Waals surface area contributed by atoms with Gasteiger partial charge in [0, 0.05) is 27.7 Å². The van der Waals surface area contributed by atoms with Crippen LogP contribution in [0.2, 0.25) is 10.4 Å². The number of halogens is 2. The summed E-state index contributed by atoms with van der Waals surface area (Å²) in [5.74, 6) is -2.80. The smallest absolute Gasteiger partial charge is 0.303 e. The molecule has 15 heteroatoms. The molecule has 0 aromatic carbocycles. The molecule has 13 nitrogen and oxygen atoms in total. The van der Waals surface area contributed by atoms with E-state index in [-0.39, 0.29) is 21.6 Å². The third-order valence-corrected chi connectivity index (χ3v) is 5.02. The van der Waals surface area contributed by atoms with Gasteiger partial charge in [-0.2, -0.15) is 4.98 Å². The quantitative estimate of drug-likeness (QED) is 0.224. The summed E-state index contributed by atoms with van der Waals surface area (Å²) in [7, 11) is 0. The van der Waals surface area contributed by atoms with Gasteiger partial charge in [0.2, 0.25) is 5.28 Å².